The minimum atomic E-state index is -4.42. The summed E-state index contributed by atoms with van der Waals surface area (Å²) in [5.41, 5.74) is 0.211. The molecule has 1 unspecified atom stereocenters. The molecular formula is C15H13NO5S. The molecule has 0 radical (unpaired) electrons. The molecule has 6 nitrogen and oxygen atoms in total. The summed E-state index contributed by atoms with van der Waals surface area (Å²) in [6, 6.07) is 15.2. The first-order valence-corrected chi connectivity index (χ1v) is 7.85. The van der Waals surface area contributed by atoms with Crippen molar-refractivity contribution in [2.75, 3.05) is 4.72 Å². The first kappa shape index (κ1) is 15.7. The maximum Gasteiger partial charge on any atom is 0.332 e. The molecule has 0 aliphatic carbocycles. The number of carboxylic acids is 1. The Bertz CT molecular complexity index is 772. The van der Waals surface area contributed by atoms with E-state index in [0.717, 1.165) is 0 Å². The van der Waals surface area contributed by atoms with E-state index in [0.29, 0.717) is 0 Å². The van der Waals surface area contributed by atoms with Gasteiger partial charge in [0.1, 0.15) is 0 Å². The van der Waals surface area contributed by atoms with Gasteiger partial charge in [-0.25, -0.2) is 8.42 Å². The molecule has 22 heavy (non-hydrogen) atoms. The van der Waals surface area contributed by atoms with E-state index in [9.17, 15) is 23.1 Å². The largest absolute Gasteiger partial charge is 0.480 e. The number of hydrogen-bond acceptors (Lipinski definition) is 4. The first-order valence-electron chi connectivity index (χ1n) is 6.30. The van der Waals surface area contributed by atoms with Crippen LogP contribution in [0.15, 0.2) is 60.7 Å². The Hall–Kier alpha value is -2.67. The van der Waals surface area contributed by atoms with Gasteiger partial charge in [0.05, 0.1) is 0 Å². The number of Topliss-reactive ketones (excluding diaryl/α,β-unsaturated/α-hetero) is 1. The Balaban J connectivity index is 2.35. The molecule has 0 heterocycles. The maximum absolute atomic E-state index is 12.2. The van der Waals surface area contributed by atoms with Gasteiger partial charge < -0.3 is 5.11 Å². The van der Waals surface area contributed by atoms with Gasteiger partial charge in [-0.2, -0.15) is 0 Å². The molecule has 0 saturated heterocycles. The molecule has 0 spiro atoms. The van der Waals surface area contributed by atoms with E-state index in [4.69, 9.17) is 0 Å². The van der Waals surface area contributed by atoms with Crippen molar-refractivity contribution in [3.8, 4) is 0 Å². The molecule has 0 saturated carbocycles. The second kappa shape index (κ2) is 6.40. The Labute approximate surface area is 127 Å². The Morgan fingerprint density at radius 3 is 1.91 bits per heavy atom. The summed E-state index contributed by atoms with van der Waals surface area (Å²) in [6.07, 6.45) is 0. The number of carbonyl (C=O) groups excluding carboxylic acids is 1. The number of anilines is 1. The molecule has 2 rings (SSSR count). The molecule has 0 bridgehead atoms. The van der Waals surface area contributed by atoms with E-state index < -0.39 is 27.0 Å². The van der Waals surface area contributed by atoms with Crippen LogP contribution >= 0.6 is 0 Å². The monoisotopic (exact) mass is 319 g/mol. The maximum atomic E-state index is 12.2. The number of para-hydroxylation sites is 1. The summed E-state index contributed by atoms with van der Waals surface area (Å²) in [5, 5.41) is 6.97. The number of nitrogens with one attached hydrogen (secondary N) is 1. The molecule has 2 N–H and O–H groups in total. The number of carboxylic acid groups (broad SMARTS) is 1. The molecule has 7 heteroatoms. The van der Waals surface area contributed by atoms with Crippen LogP contribution in [0.5, 0.6) is 0 Å². The van der Waals surface area contributed by atoms with Gasteiger partial charge in [-0.05, 0) is 12.1 Å². The van der Waals surface area contributed by atoms with Gasteiger partial charge in [0.25, 0.3) is 10.0 Å². The van der Waals surface area contributed by atoms with Crippen LogP contribution in [0.2, 0.25) is 0 Å². The lowest BCUT2D eigenvalue weighted by molar-refractivity contribution is -0.135. The van der Waals surface area contributed by atoms with Crippen LogP contribution in [0, 0.1) is 0 Å². The van der Waals surface area contributed by atoms with Gasteiger partial charge in [-0.3, -0.25) is 14.3 Å². The number of carbonyl (C=O) groups is 2. The molecule has 0 aliphatic heterocycles. The average Bonchev–Trinajstić information content (AvgIpc) is 2.48. The molecule has 0 fully saturated rings. The topological polar surface area (TPSA) is 101 Å². The van der Waals surface area contributed by atoms with Crippen molar-refractivity contribution in [1.82, 2.24) is 0 Å². The van der Waals surface area contributed by atoms with Gasteiger partial charge in [0.2, 0.25) is 5.25 Å². The standard InChI is InChI=1S/C15H13NO5S/c17-13(11-7-3-1-4-8-11)14(15(18)19)22(20,21)16-12-9-5-2-6-10-12/h1-10,14,16H,(H,18,19). The second-order valence-electron chi connectivity index (χ2n) is 4.46. The summed E-state index contributed by atoms with van der Waals surface area (Å²) >= 11 is 0. The van der Waals surface area contributed by atoms with Gasteiger partial charge >= 0.3 is 5.97 Å². The summed E-state index contributed by atoms with van der Waals surface area (Å²) < 4.78 is 26.6. The zero-order valence-corrected chi connectivity index (χ0v) is 12.2. The van der Waals surface area contributed by atoms with Crippen molar-refractivity contribution in [2.45, 2.75) is 5.25 Å². The van der Waals surface area contributed by atoms with Crippen LogP contribution in [-0.4, -0.2) is 30.5 Å². The average molecular weight is 319 g/mol. The molecule has 0 amide bonds. The van der Waals surface area contributed by atoms with Crippen molar-refractivity contribution in [2.24, 2.45) is 0 Å². The zero-order valence-electron chi connectivity index (χ0n) is 11.3. The number of aliphatic carboxylic acids is 1. The lowest BCUT2D eigenvalue weighted by atomic mass is 10.1. The Kier molecular flexibility index (Phi) is 4.57. The zero-order chi connectivity index (χ0) is 16.2. The van der Waals surface area contributed by atoms with Crippen molar-refractivity contribution in [3.63, 3.8) is 0 Å². The van der Waals surface area contributed by atoms with Gasteiger partial charge in [0, 0.05) is 11.3 Å². The first-order chi connectivity index (χ1) is 10.4. The number of sulfonamides is 1. The summed E-state index contributed by atoms with van der Waals surface area (Å²) in [4.78, 5) is 23.5. The van der Waals surface area contributed by atoms with Crippen LogP contribution in [0.3, 0.4) is 0 Å². The van der Waals surface area contributed by atoms with Crippen LogP contribution in [-0.2, 0) is 14.8 Å². The predicted octanol–water partition coefficient (Wildman–Crippen LogP) is 1.76. The number of benzene rings is 2. The number of hydrogen-bond donors (Lipinski definition) is 2. The van der Waals surface area contributed by atoms with E-state index in [-0.39, 0.29) is 11.3 Å². The highest BCUT2D eigenvalue weighted by Gasteiger charge is 2.40. The summed E-state index contributed by atoms with van der Waals surface area (Å²) in [6.45, 7) is 0. The normalized spacial score (nSPS) is 12.4. The third-order valence-electron chi connectivity index (χ3n) is 2.86. The molecule has 0 aliphatic rings. The highest BCUT2D eigenvalue weighted by atomic mass is 32.2. The number of rotatable bonds is 6. The van der Waals surface area contributed by atoms with Crippen LogP contribution in [0.1, 0.15) is 10.4 Å². The quantitative estimate of drug-likeness (QED) is 0.624. The third kappa shape index (κ3) is 3.50. The fourth-order valence-electron chi connectivity index (χ4n) is 1.87. The van der Waals surface area contributed by atoms with Gasteiger partial charge in [0.15, 0.2) is 5.78 Å². The summed E-state index contributed by atoms with van der Waals surface area (Å²) in [7, 11) is -4.42. The summed E-state index contributed by atoms with van der Waals surface area (Å²) in [5.74, 6) is -2.71. The molecule has 1 atom stereocenters. The van der Waals surface area contributed by atoms with E-state index >= 15 is 0 Å². The highest BCUT2D eigenvalue weighted by Crippen LogP contribution is 2.15. The fraction of sp³-hybridized carbons (Fsp3) is 0.0667. The minimum absolute atomic E-state index is 0.0216. The molecule has 114 valence electrons. The highest BCUT2D eigenvalue weighted by molar-refractivity contribution is 7.94. The third-order valence-corrected chi connectivity index (χ3v) is 4.42. The van der Waals surface area contributed by atoms with E-state index in [1.54, 1.807) is 24.3 Å². The van der Waals surface area contributed by atoms with Crippen molar-refractivity contribution in [1.29, 1.82) is 0 Å². The molecular weight excluding hydrogens is 306 g/mol. The van der Waals surface area contributed by atoms with Crippen LogP contribution in [0.25, 0.3) is 0 Å². The fourth-order valence-corrected chi connectivity index (χ4v) is 3.13. The lowest BCUT2D eigenvalue weighted by Crippen LogP contribution is -2.41. The van der Waals surface area contributed by atoms with Crippen molar-refractivity contribution < 1.29 is 23.1 Å². The lowest BCUT2D eigenvalue weighted by Gasteiger charge is -2.14. The predicted molar refractivity (Wildman–Crippen MR) is 81.2 cm³/mol. The smallest absolute Gasteiger partial charge is 0.332 e. The SMILES string of the molecule is O=C(O)C(C(=O)c1ccccc1)S(=O)(=O)Nc1ccccc1. The second-order valence-corrected chi connectivity index (χ2v) is 6.23. The van der Waals surface area contributed by atoms with Crippen molar-refractivity contribution >= 4 is 27.5 Å². The minimum Gasteiger partial charge on any atom is -0.480 e. The van der Waals surface area contributed by atoms with Crippen LogP contribution < -0.4 is 4.72 Å². The number of ketones is 1. The van der Waals surface area contributed by atoms with Crippen LogP contribution in [0.4, 0.5) is 5.69 Å². The van der Waals surface area contributed by atoms with Gasteiger partial charge in [-0.15, -0.1) is 0 Å². The van der Waals surface area contributed by atoms with Crippen molar-refractivity contribution in [3.05, 3.63) is 66.2 Å². The molecule has 0 aromatic heterocycles. The Morgan fingerprint density at radius 1 is 0.909 bits per heavy atom. The van der Waals surface area contributed by atoms with E-state index in [2.05, 4.69) is 4.72 Å². The van der Waals surface area contributed by atoms with E-state index in [1.165, 1.54) is 36.4 Å². The molecule has 2 aromatic carbocycles. The Morgan fingerprint density at radius 2 is 1.41 bits per heavy atom. The van der Waals surface area contributed by atoms with E-state index in [1.807, 2.05) is 0 Å². The van der Waals surface area contributed by atoms with Gasteiger partial charge in [-0.1, -0.05) is 48.5 Å². The molecule has 2 aromatic rings.